The quantitative estimate of drug-likeness (QED) is 0.825. The molecule has 5 heteroatoms. The van der Waals surface area contributed by atoms with Crippen LogP contribution in [0.1, 0.15) is 32.6 Å². The van der Waals surface area contributed by atoms with Crippen molar-refractivity contribution in [1.82, 2.24) is 4.72 Å². The highest BCUT2D eigenvalue weighted by atomic mass is 32.2. The number of nitrogens with one attached hydrogen (secondary N) is 1. The van der Waals surface area contributed by atoms with E-state index >= 15 is 0 Å². The molecule has 18 heavy (non-hydrogen) atoms. The minimum absolute atomic E-state index is 0.0660. The van der Waals surface area contributed by atoms with E-state index in [9.17, 15) is 8.42 Å². The van der Waals surface area contributed by atoms with E-state index in [0.29, 0.717) is 11.6 Å². The summed E-state index contributed by atoms with van der Waals surface area (Å²) in [6.07, 6.45) is 4.14. The third kappa shape index (κ3) is 3.23. The van der Waals surface area contributed by atoms with Crippen LogP contribution in [-0.2, 0) is 10.0 Å². The van der Waals surface area contributed by atoms with E-state index in [1.807, 2.05) is 0 Å². The van der Waals surface area contributed by atoms with E-state index in [1.165, 1.54) is 6.42 Å². The summed E-state index contributed by atoms with van der Waals surface area (Å²) in [7, 11) is -3.41. The molecule has 4 nitrogen and oxygen atoms in total. The Hall–Kier alpha value is -1.07. The number of sulfonamides is 1. The van der Waals surface area contributed by atoms with Crippen molar-refractivity contribution in [1.29, 1.82) is 0 Å². The zero-order chi connectivity index (χ0) is 13.2. The molecule has 1 aliphatic carbocycles. The summed E-state index contributed by atoms with van der Waals surface area (Å²) in [5.41, 5.74) is 6.13. The molecule has 2 rings (SSSR count). The number of nitrogen functional groups attached to an aromatic ring is 1. The molecule has 0 radical (unpaired) electrons. The topological polar surface area (TPSA) is 72.2 Å². The van der Waals surface area contributed by atoms with E-state index in [0.717, 1.165) is 19.3 Å². The molecule has 0 unspecified atom stereocenters. The first-order valence-electron chi connectivity index (χ1n) is 6.35. The molecule has 0 amide bonds. The van der Waals surface area contributed by atoms with Gasteiger partial charge >= 0.3 is 0 Å². The van der Waals surface area contributed by atoms with Crippen molar-refractivity contribution < 1.29 is 8.42 Å². The molecule has 0 heterocycles. The highest BCUT2D eigenvalue weighted by Crippen LogP contribution is 2.25. The summed E-state index contributed by atoms with van der Waals surface area (Å²) >= 11 is 0. The van der Waals surface area contributed by atoms with E-state index < -0.39 is 10.0 Å². The smallest absolute Gasteiger partial charge is 0.240 e. The molecule has 1 aromatic rings. The number of rotatable bonds is 3. The Kier molecular flexibility index (Phi) is 3.92. The van der Waals surface area contributed by atoms with Gasteiger partial charge in [0.05, 0.1) is 4.90 Å². The fourth-order valence-corrected chi connectivity index (χ4v) is 3.76. The van der Waals surface area contributed by atoms with Gasteiger partial charge in [-0.2, -0.15) is 0 Å². The molecular formula is C13H20N2O2S. The lowest BCUT2D eigenvalue weighted by atomic mass is 9.88. The lowest BCUT2D eigenvalue weighted by Crippen LogP contribution is -2.37. The van der Waals surface area contributed by atoms with Crippen molar-refractivity contribution in [3.8, 4) is 0 Å². The zero-order valence-electron chi connectivity index (χ0n) is 10.6. The molecule has 1 fully saturated rings. The Morgan fingerprint density at radius 2 is 1.89 bits per heavy atom. The number of benzene rings is 1. The van der Waals surface area contributed by atoms with Crippen LogP contribution in [0.25, 0.3) is 0 Å². The second-order valence-electron chi connectivity index (χ2n) is 5.16. The second kappa shape index (κ2) is 5.28. The van der Waals surface area contributed by atoms with Crippen molar-refractivity contribution in [3.05, 3.63) is 24.3 Å². The predicted molar refractivity (Wildman–Crippen MR) is 72.6 cm³/mol. The third-order valence-electron chi connectivity index (χ3n) is 3.45. The van der Waals surface area contributed by atoms with Gasteiger partial charge in [0.2, 0.25) is 10.0 Å². The van der Waals surface area contributed by atoms with Crippen molar-refractivity contribution in [3.63, 3.8) is 0 Å². The molecule has 1 aliphatic rings. The summed E-state index contributed by atoms with van der Waals surface area (Å²) in [6.45, 7) is 2.17. The molecule has 0 aromatic heterocycles. The maximum atomic E-state index is 12.2. The standard InChI is InChI=1S/C13H20N2O2S/c1-10-3-2-4-12(9-10)15-18(16,17)13-7-5-11(14)6-8-13/h5-8,10,12,15H,2-4,9,14H2,1H3/t10-,12-/m0/s1. The molecule has 100 valence electrons. The molecular weight excluding hydrogens is 248 g/mol. The van der Waals surface area contributed by atoms with Crippen molar-refractivity contribution in [2.45, 2.75) is 43.5 Å². The van der Waals surface area contributed by atoms with Crippen LogP contribution < -0.4 is 10.5 Å². The molecule has 1 aromatic carbocycles. The van der Waals surface area contributed by atoms with Crippen LogP contribution in [0.2, 0.25) is 0 Å². The van der Waals surface area contributed by atoms with E-state index in [1.54, 1.807) is 24.3 Å². The minimum Gasteiger partial charge on any atom is -0.399 e. The monoisotopic (exact) mass is 268 g/mol. The van der Waals surface area contributed by atoms with Gasteiger partial charge in [0, 0.05) is 11.7 Å². The van der Waals surface area contributed by atoms with Crippen LogP contribution >= 0.6 is 0 Å². The number of hydrogen-bond acceptors (Lipinski definition) is 3. The second-order valence-corrected chi connectivity index (χ2v) is 6.87. The highest BCUT2D eigenvalue weighted by Gasteiger charge is 2.24. The number of nitrogens with two attached hydrogens (primary N) is 1. The molecule has 0 saturated heterocycles. The van der Waals surface area contributed by atoms with Gasteiger partial charge in [-0.1, -0.05) is 19.8 Å². The molecule has 0 aliphatic heterocycles. The maximum absolute atomic E-state index is 12.2. The van der Waals surface area contributed by atoms with Gasteiger partial charge in [-0.15, -0.1) is 0 Å². The van der Waals surface area contributed by atoms with Gasteiger partial charge in [-0.25, -0.2) is 13.1 Å². The summed E-state index contributed by atoms with van der Waals surface area (Å²) in [5, 5.41) is 0. The van der Waals surface area contributed by atoms with Gasteiger partial charge in [-0.3, -0.25) is 0 Å². The first-order valence-corrected chi connectivity index (χ1v) is 7.83. The molecule has 0 spiro atoms. The van der Waals surface area contributed by atoms with Crippen molar-refractivity contribution in [2.24, 2.45) is 5.92 Å². The Labute approximate surface area is 109 Å². The van der Waals surface area contributed by atoms with Crippen LogP contribution in [0.5, 0.6) is 0 Å². The lowest BCUT2D eigenvalue weighted by molar-refractivity contribution is 0.327. The summed E-state index contributed by atoms with van der Waals surface area (Å²) < 4.78 is 27.1. The van der Waals surface area contributed by atoms with Crippen LogP contribution in [0, 0.1) is 5.92 Å². The largest absolute Gasteiger partial charge is 0.399 e. The van der Waals surface area contributed by atoms with Crippen LogP contribution in [0.15, 0.2) is 29.2 Å². The van der Waals surface area contributed by atoms with E-state index in [2.05, 4.69) is 11.6 Å². The predicted octanol–water partition coefficient (Wildman–Crippen LogP) is 2.13. The van der Waals surface area contributed by atoms with Crippen molar-refractivity contribution >= 4 is 15.7 Å². The number of anilines is 1. The van der Waals surface area contributed by atoms with Crippen LogP contribution in [-0.4, -0.2) is 14.5 Å². The van der Waals surface area contributed by atoms with Gasteiger partial charge in [-0.05, 0) is 43.0 Å². The average molecular weight is 268 g/mol. The van der Waals surface area contributed by atoms with Gasteiger partial charge < -0.3 is 5.73 Å². The third-order valence-corrected chi connectivity index (χ3v) is 4.99. The molecule has 3 N–H and O–H groups in total. The van der Waals surface area contributed by atoms with Gasteiger partial charge in [0.1, 0.15) is 0 Å². The fraction of sp³-hybridized carbons (Fsp3) is 0.538. The van der Waals surface area contributed by atoms with Crippen LogP contribution in [0.4, 0.5) is 5.69 Å². The van der Waals surface area contributed by atoms with E-state index in [-0.39, 0.29) is 10.9 Å². The Morgan fingerprint density at radius 1 is 1.22 bits per heavy atom. The normalized spacial score (nSPS) is 24.9. The maximum Gasteiger partial charge on any atom is 0.240 e. The number of hydrogen-bond donors (Lipinski definition) is 2. The molecule has 1 saturated carbocycles. The minimum atomic E-state index is -3.41. The first-order chi connectivity index (χ1) is 8.47. The Morgan fingerprint density at radius 3 is 2.50 bits per heavy atom. The zero-order valence-corrected chi connectivity index (χ0v) is 11.4. The fourth-order valence-electron chi connectivity index (χ4n) is 2.48. The van der Waals surface area contributed by atoms with Gasteiger partial charge in [0.25, 0.3) is 0 Å². The highest BCUT2D eigenvalue weighted by molar-refractivity contribution is 7.89. The molecule has 2 atom stereocenters. The SMILES string of the molecule is C[C@H]1CCC[C@H](NS(=O)(=O)c2ccc(N)cc2)C1. The Bertz CT molecular complexity index is 496. The lowest BCUT2D eigenvalue weighted by Gasteiger charge is -2.27. The van der Waals surface area contributed by atoms with Crippen LogP contribution in [0.3, 0.4) is 0 Å². The average Bonchev–Trinajstić information content (AvgIpc) is 2.29. The summed E-state index contributed by atoms with van der Waals surface area (Å²) in [5.74, 6) is 0.595. The van der Waals surface area contributed by atoms with E-state index in [4.69, 9.17) is 5.73 Å². The van der Waals surface area contributed by atoms with Crippen molar-refractivity contribution in [2.75, 3.05) is 5.73 Å². The summed E-state index contributed by atoms with van der Waals surface area (Å²) in [6, 6.07) is 6.38. The first kappa shape index (κ1) is 13.4. The summed E-state index contributed by atoms with van der Waals surface area (Å²) in [4.78, 5) is 0.287. The van der Waals surface area contributed by atoms with Gasteiger partial charge in [0.15, 0.2) is 0 Å². The molecule has 0 bridgehead atoms. The Balaban J connectivity index is 2.09.